The van der Waals surface area contributed by atoms with Crippen LogP contribution in [0.15, 0.2) is 18.2 Å². The Bertz CT molecular complexity index is 453. The van der Waals surface area contributed by atoms with Gasteiger partial charge in [0.25, 0.3) is 5.91 Å². The van der Waals surface area contributed by atoms with E-state index in [1.807, 2.05) is 24.1 Å². The number of hydrogen-bond donors (Lipinski definition) is 1. The summed E-state index contributed by atoms with van der Waals surface area (Å²) in [5, 5.41) is 3.86. The Morgan fingerprint density at radius 3 is 3.06 bits per heavy atom. The summed E-state index contributed by atoms with van der Waals surface area (Å²) < 4.78 is 0.952. The van der Waals surface area contributed by atoms with Crippen LogP contribution in [0.25, 0.3) is 0 Å². The van der Waals surface area contributed by atoms with Crippen molar-refractivity contribution in [3.63, 3.8) is 0 Å². The molecule has 2 rings (SSSR count). The monoisotopic (exact) mass is 378 g/mol. The minimum atomic E-state index is 0.0850. The number of nitrogens with one attached hydrogen (secondary N) is 1. The topological polar surface area (TPSA) is 32.3 Å². The van der Waals surface area contributed by atoms with Crippen LogP contribution in [0, 0.1) is 3.57 Å². The van der Waals surface area contributed by atoms with E-state index in [1.165, 1.54) is 0 Å². The van der Waals surface area contributed by atoms with Crippen LogP contribution in [0.5, 0.6) is 0 Å². The predicted molar refractivity (Wildman–Crippen MR) is 82.2 cm³/mol. The van der Waals surface area contributed by atoms with Crippen LogP contribution < -0.4 is 5.32 Å². The van der Waals surface area contributed by atoms with Gasteiger partial charge < -0.3 is 10.2 Å². The highest BCUT2D eigenvalue weighted by Gasteiger charge is 2.24. The SMILES string of the molecule is CNC1CCCN(C(=O)c2cc(Cl)ccc2I)C1. The third-order valence-electron chi connectivity index (χ3n) is 3.28. The van der Waals surface area contributed by atoms with Crippen LogP contribution >= 0.6 is 34.2 Å². The molecule has 1 fully saturated rings. The molecule has 0 aromatic heterocycles. The van der Waals surface area contributed by atoms with Crippen LogP contribution in [0.2, 0.25) is 5.02 Å². The number of piperidine rings is 1. The van der Waals surface area contributed by atoms with Crippen LogP contribution in [0.1, 0.15) is 23.2 Å². The molecule has 5 heteroatoms. The molecule has 1 aliphatic rings. The summed E-state index contributed by atoms with van der Waals surface area (Å²) in [6, 6.07) is 5.86. The number of carbonyl (C=O) groups is 1. The summed E-state index contributed by atoms with van der Waals surface area (Å²) in [4.78, 5) is 14.4. The van der Waals surface area contributed by atoms with Gasteiger partial charge >= 0.3 is 0 Å². The standard InChI is InChI=1S/C13H16ClIN2O/c1-16-10-3-2-6-17(8-10)13(18)11-7-9(14)4-5-12(11)15/h4-5,7,10,16H,2-3,6,8H2,1H3. The summed E-state index contributed by atoms with van der Waals surface area (Å²) in [5.74, 6) is 0.0850. The molecule has 1 aromatic carbocycles. The third-order valence-corrected chi connectivity index (χ3v) is 4.45. The van der Waals surface area contributed by atoms with Crippen molar-refractivity contribution >= 4 is 40.1 Å². The number of hydrogen-bond acceptors (Lipinski definition) is 2. The maximum absolute atomic E-state index is 12.5. The van der Waals surface area contributed by atoms with E-state index >= 15 is 0 Å². The molecule has 0 bridgehead atoms. The highest BCUT2D eigenvalue weighted by molar-refractivity contribution is 14.1. The third kappa shape index (κ3) is 3.16. The zero-order chi connectivity index (χ0) is 13.1. The summed E-state index contributed by atoms with van der Waals surface area (Å²) in [5.41, 5.74) is 0.708. The van der Waals surface area contributed by atoms with Gasteiger partial charge in [-0.3, -0.25) is 4.79 Å². The van der Waals surface area contributed by atoms with Crippen LogP contribution in [0.3, 0.4) is 0 Å². The maximum atomic E-state index is 12.5. The fourth-order valence-corrected chi connectivity index (χ4v) is 2.97. The zero-order valence-electron chi connectivity index (χ0n) is 10.2. The average Bonchev–Trinajstić information content (AvgIpc) is 2.41. The number of carbonyl (C=O) groups excluding carboxylic acids is 1. The lowest BCUT2D eigenvalue weighted by Crippen LogP contribution is -2.47. The van der Waals surface area contributed by atoms with E-state index in [0.717, 1.165) is 29.5 Å². The number of nitrogens with zero attached hydrogens (tertiary/aromatic N) is 1. The molecular formula is C13H16ClIN2O. The first kappa shape index (κ1) is 14.1. The van der Waals surface area contributed by atoms with Crippen molar-refractivity contribution in [3.8, 4) is 0 Å². The van der Waals surface area contributed by atoms with E-state index in [-0.39, 0.29) is 5.91 Å². The van der Waals surface area contributed by atoms with Crippen LogP contribution in [0.4, 0.5) is 0 Å². The van der Waals surface area contributed by atoms with E-state index in [9.17, 15) is 4.79 Å². The van der Waals surface area contributed by atoms with Gasteiger partial charge in [0.1, 0.15) is 0 Å². The summed E-state index contributed by atoms with van der Waals surface area (Å²) in [7, 11) is 1.95. The Balaban J connectivity index is 2.17. The highest BCUT2D eigenvalue weighted by atomic mass is 127. The number of amides is 1. The van der Waals surface area contributed by atoms with Crippen molar-refractivity contribution in [2.24, 2.45) is 0 Å². The zero-order valence-corrected chi connectivity index (χ0v) is 13.2. The minimum Gasteiger partial charge on any atom is -0.337 e. The Labute approximate surface area is 126 Å². The molecule has 0 aliphatic carbocycles. The van der Waals surface area contributed by atoms with E-state index in [0.29, 0.717) is 16.6 Å². The van der Waals surface area contributed by atoms with E-state index in [2.05, 4.69) is 27.9 Å². The summed E-state index contributed by atoms with van der Waals surface area (Å²) >= 11 is 8.15. The molecule has 1 aliphatic heterocycles. The van der Waals surface area contributed by atoms with Gasteiger partial charge in [-0.2, -0.15) is 0 Å². The molecule has 1 heterocycles. The molecule has 1 atom stereocenters. The maximum Gasteiger partial charge on any atom is 0.255 e. The normalized spacial score (nSPS) is 19.9. The van der Waals surface area contributed by atoms with Gasteiger partial charge in [-0.1, -0.05) is 11.6 Å². The lowest BCUT2D eigenvalue weighted by molar-refractivity contribution is 0.0697. The van der Waals surface area contributed by atoms with Gasteiger partial charge in [0.05, 0.1) is 5.56 Å². The molecule has 3 nitrogen and oxygen atoms in total. The van der Waals surface area contributed by atoms with Gasteiger partial charge in [0.2, 0.25) is 0 Å². The first-order chi connectivity index (χ1) is 8.61. The number of rotatable bonds is 2. The molecule has 0 spiro atoms. The number of likely N-dealkylation sites (N-methyl/N-ethyl adjacent to an activating group) is 1. The highest BCUT2D eigenvalue weighted by Crippen LogP contribution is 2.21. The van der Waals surface area contributed by atoms with Crippen LogP contribution in [-0.4, -0.2) is 37.0 Å². The van der Waals surface area contributed by atoms with E-state index in [1.54, 1.807) is 6.07 Å². The lowest BCUT2D eigenvalue weighted by Gasteiger charge is -2.32. The van der Waals surface area contributed by atoms with Crippen molar-refractivity contribution in [1.82, 2.24) is 10.2 Å². The average molecular weight is 379 g/mol. The van der Waals surface area contributed by atoms with E-state index in [4.69, 9.17) is 11.6 Å². The second kappa shape index (κ2) is 6.21. The molecule has 1 unspecified atom stereocenters. The molecule has 1 saturated heterocycles. The van der Waals surface area contributed by atoms with E-state index < -0.39 is 0 Å². The second-order valence-corrected chi connectivity index (χ2v) is 6.10. The van der Waals surface area contributed by atoms with Crippen molar-refractivity contribution in [1.29, 1.82) is 0 Å². The Morgan fingerprint density at radius 1 is 1.56 bits per heavy atom. The molecule has 0 radical (unpaired) electrons. The molecule has 1 amide bonds. The molecular weight excluding hydrogens is 363 g/mol. The number of halogens is 2. The number of likely N-dealkylation sites (tertiary alicyclic amines) is 1. The molecule has 1 N–H and O–H groups in total. The van der Waals surface area contributed by atoms with Gasteiger partial charge in [-0.25, -0.2) is 0 Å². The molecule has 1 aromatic rings. The first-order valence-corrected chi connectivity index (χ1v) is 7.49. The van der Waals surface area contributed by atoms with Gasteiger partial charge in [0, 0.05) is 27.7 Å². The Morgan fingerprint density at radius 2 is 2.33 bits per heavy atom. The van der Waals surface area contributed by atoms with Gasteiger partial charge in [-0.05, 0) is 60.7 Å². The summed E-state index contributed by atoms with van der Waals surface area (Å²) in [6.45, 7) is 1.61. The lowest BCUT2D eigenvalue weighted by atomic mass is 10.0. The molecule has 98 valence electrons. The van der Waals surface area contributed by atoms with Crippen molar-refractivity contribution in [2.75, 3.05) is 20.1 Å². The quantitative estimate of drug-likeness (QED) is 0.803. The smallest absolute Gasteiger partial charge is 0.255 e. The Kier molecular flexibility index (Phi) is 4.86. The van der Waals surface area contributed by atoms with Crippen molar-refractivity contribution in [2.45, 2.75) is 18.9 Å². The van der Waals surface area contributed by atoms with Gasteiger partial charge in [0.15, 0.2) is 0 Å². The molecule has 0 saturated carbocycles. The van der Waals surface area contributed by atoms with Crippen molar-refractivity contribution in [3.05, 3.63) is 32.4 Å². The predicted octanol–water partition coefficient (Wildman–Crippen LogP) is 2.77. The largest absolute Gasteiger partial charge is 0.337 e. The fraction of sp³-hybridized carbons (Fsp3) is 0.462. The summed E-state index contributed by atoms with van der Waals surface area (Å²) in [6.07, 6.45) is 2.18. The van der Waals surface area contributed by atoms with Crippen LogP contribution in [-0.2, 0) is 0 Å². The Hall–Kier alpha value is -0.330. The number of benzene rings is 1. The van der Waals surface area contributed by atoms with Gasteiger partial charge in [-0.15, -0.1) is 0 Å². The van der Waals surface area contributed by atoms with Crippen molar-refractivity contribution < 1.29 is 4.79 Å². The molecule has 18 heavy (non-hydrogen) atoms. The first-order valence-electron chi connectivity index (χ1n) is 6.03. The minimum absolute atomic E-state index is 0.0850. The second-order valence-electron chi connectivity index (χ2n) is 4.50. The fourth-order valence-electron chi connectivity index (χ4n) is 2.23.